The number of nitrogens with one attached hydrogen (secondary N) is 1. The number of ether oxygens (including phenoxy) is 1. The molecule has 0 fully saturated rings. The van der Waals surface area contributed by atoms with E-state index in [0.717, 1.165) is 12.1 Å². The predicted molar refractivity (Wildman–Crippen MR) is 80.0 cm³/mol. The highest BCUT2D eigenvalue weighted by Crippen LogP contribution is 2.24. The molecule has 0 aliphatic heterocycles. The number of carbonyl (C=O) groups excluding carboxylic acids is 1. The van der Waals surface area contributed by atoms with Crippen LogP contribution in [0.3, 0.4) is 0 Å². The molecule has 1 aromatic carbocycles. The van der Waals surface area contributed by atoms with Gasteiger partial charge in [-0.15, -0.1) is 0 Å². The van der Waals surface area contributed by atoms with Crippen LogP contribution in [0, 0.1) is 11.2 Å². The molecular weight excluding hydrogens is 289 g/mol. The van der Waals surface area contributed by atoms with Crippen LogP contribution in [0.5, 0.6) is 0 Å². The molecule has 0 bridgehead atoms. The van der Waals surface area contributed by atoms with Crippen LogP contribution in [-0.4, -0.2) is 28.4 Å². The first-order valence-corrected chi connectivity index (χ1v) is 6.91. The van der Waals surface area contributed by atoms with Gasteiger partial charge in [0.1, 0.15) is 17.1 Å². The van der Waals surface area contributed by atoms with Crippen molar-refractivity contribution in [3.63, 3.8) is 0 Å². The molecule has 0 aromatic heterocycles. The van der Waals surface area contributed by atoms with E-state index < -0.39 is 34.8 Å². The molecule has 5 nitrogen and oxygen atoms in total. The Balaban J connectivity index is 3.06. The van der Waals surface area contributed by atoms with E-state index in [0.29, 0.717) is 12.0 Å². The standard InChI is InChI=1S/C16H20FNO4/c1-5-10(13(18)15(21)22-16(2,3)4)9-6-7-11(14(19)20)12(17)8-9/h6-8,10,18H,5H2,1-4H3,(H,19,20)/t10-/m1/s1. The summed E-state index contributed by atoms with van der Waals surface area (Å²) < 4.78 is 18.9. The zero-order chi connectivity index (χ0) is 17.1. The number of hydrogen-bond donors (Lipinski definition) is 2. The maximum absolute atomic E-state index is 13.8. The molecule has 22 heavy (non-hydrogen) atoms. The molecule has 1 atom stereocenters. The smallest absolute Gasteiger partial charge is 0.353 e. The minimum absolute atomic E-state index is 0.278. The van der Waals surface area contributed by atoms with E-state index in [1.54, 1.807) is 27.7 Å². The van der Waals surface area contributed by atoms with Crippen molar-refractivity contribution < 1.29 is 23.8 Å². The summed E-state index contributed by atoms with van der Waals surface area (Å²) in [6, 6.07) is 3.61. The van der Waals surface area contributed by atoms with Crippen LogP contribution in [0.15, 0.2) is 18.2 Å². The van der Waals surface area contributed by atoms with Gasteiger partial charge in [-0.1, -0.05) is 13.0 Å². The van der Waals surface area contributed by atoms with Crippen LogP contribution < -0.4 is 0 Å². The molecule has 120 valence electrons. The zero-order valence-electron chi connectivity index (χ0n) is 13.1. The molecule has 2 N–H and O–H groups in total. The van der Waals surface area contributed by atoms with Crippen molar-refractivity contribution in [3.8, 4) is 0 Å². The third-order valence-corrected chi connectivity index (χ3v) is 3.00. The van der Waals surface area contributed by atoms with E-state index >= 15 is 0 Å². The van der Waals surface area contributed by atoms with Gasteiger partial charge in [-0.25, -0.2) is 14.0 Å². The number of aromatic carboxylic acids is 1. The highest BCUT2D eigenvalue weighted by molar-refractivity contribution is 6.37. The summed E-state index contributed by atoms with van der Waals surface area (Å²) in [6.07, 6.45) is 0.393. The molecule has 0 unspecified atom stereocenters. The average Bonchev–Trinajstić information content (AvgIpc) is 2.37. The van der Waals surface area contributed by atoms with Crippen LogP contribution in [0.1, 0.15) is 56.0 Å². The SMILES string of the molecule is CC[C@@H](C(=N)C(=O)OC(C)(C)C)c1ccc(C(=O)O)c(F)c1. The maximum atomic E-state index is 13.8. The summed E-state index contributed by atoms with van der Waals surface area (Å²) in [5.41, 5.74) is -1.07. The van der Waals surface area contributed by atoms with Gasteiger partial charge in [0.2, 0.25) is 0 Å². The Bertz CT molecular complexity index is 605. The van der Waals surface area contributed by atoms with Crippen LogP contribution in [-0.2, 0) is 9.53 Å². The topological polar surface area (TPSA) is 87.5 Å². The van der Waals surface area contributed by atoms with Gasteiger partial charge in [0.25, 0.3) is 0 Å². The van der Waals surface area contributed by atoms with Gasteiger partial charge in [-0.3, -0.25) is 5.41 Å². The number of rotatable bonds is 5. The van der Waals surface area contributed by atoms with E-state index in [2.05, 4.69) is 0 Å². The molecule has 0 aliphatic rings. The molecule has 6 heteroatoms. The van der Waals surface area contributed by atoms with Crippen LogP contribution in [0.25, 0.3) is 0 Å². The Morgan fingerprint density at radius 1 is 1.36 bits per heavy atom. The molecule has 0 aliphatic carbocycles. The molecule has 0 heterocycles. The average molecular weight is 309 g/mol. The second kappa shape index (κ2) is 6.68. The Labute approximate surface area is 128 Å². The fourth-order valence-corrected chi connectivity index (χ4v) is 2.00. The Morgan fingerprint density at radius 2 is 1.95 bits per heavy atom. The van der Waals surface area contributed by atoms with E-state index in [1.807, 2.05) is 0 Å². The van der Waals surface area contributed by atoms with Gasteiger partial charge >= 0.3 is 11.9 Å². The number of carboxylic acid groups (broad SMARTS) is 1. The van der Waals surface area contributed by atoms with Crippen molar-refractivity contribution in [1.82, 2.24) is 0 Å². The zero-order valence-corrected chi connectivity index (χ0v) is 13.1. The van der Waals surface area contributed by atoms with Crippen molar-refractivity contribution in [2.75, 3.05) is 0 Å². The number of hydrogen-bond acceptors (Lipinski definition) is 4. The highest BCUT2D eigenvalue weighted by atomic mass is 19.1. The summed E-state index contributed by atoms with van der Waals surface area (Å²) in [5.74, 6) is -3.66. The largest absolute Gasteiger partial charge is 0.478 e. The molecule has 0 spiro atoms. The monoisotopic (exact) mass is 309 g/mol. The minimum Gasteiger partial charge on any atom is -0.478 e. The Morgan fingerprint density at radius 3 is 2.36 bits per heavy atom. The summed E-state index contributed by atoms with van der Waals surface area (Å²) in [5, 5.41) is 16.8. The molecule has 0 radical (unpaired) electrons. The Kier molecular flexibility index (Phi) is 5.41. The Hall–Kier alpha value is -2.24. The van der Waals surface area contributed by atoms with Crippen molar-refractivity contribution in [1.29, 1.82) is 5.41 Å². The predicted octanol–water partition coefficient (Wildman–Crippen LogP) is 3.38. The van der Waals surface area contributed by atoms with Crippen LogP contribution in [0.4, 0.5) is 4.39 Å². The quantitative estimate of drug-likeness (QED) is 0.644. The maximum Gasteiger partial charge on any atom is 0.353 e. The molecule has 1 aromatic rings. The van der Waals surface area contributed by atoms with Crippen molar-refractivity contribution in [2.45, 2.75) is 45.6 Å². The molecule has 1 rings (SSSR count). The van der Waals surface area contributed by atoms with E-state index in [1.165, 1.54) is 6.07 Å². The van der Waals surface area contributed by atoms with Gasteiger partial charge in [0, 0.05) is 5.92 Å². The van der Waals surface area contributed by atoms with Crippen molar-refractivity contribution in [2.24, 2.45) is 0 Å². The summed E-state index contributed by atoms with van der Waals surface area (Å²) >= 11 is 0. The first kappa shape index (κ1) is 17.8. The molecular formula is C16H20FNO4. The van der Waals surface area contributed by atoms with Gasteiger partial charge in [0.05, 0.1) is 5.56 Å². The van der Waals surface area contributed by atoms with Crippen molar-refractivity contribution >= 4 is 17.7 Å². The fourth-order valence-electron chi connectivity index (χ4n) is 2.00. The lowest BCUT2D eigenvalue weighted by Gasteiger charge is -2.22. The lowest BCUT2D eigenvalue weighted by atomic mass is 9.90. The molecule has 0 amide bonds. The van der Waals surface area contributed by atoms with Gasteiger partial charge < -0.3 is 9.84 Å². The molecule has 0 saturated carbocycles. The lowest BCUT2D eigenvalue weighted by Crippen LogP contribution is -2.31. The number of carboxylic acids is 1. The fraction of sp³-hybridized carbons (Fsp3) is 0.438. The number of benzene rings is 1. The van der Waals surface area contributed by atoms with Crippen LogP contribution in [0.2, 0.25) is 0 Å². The van der Waals surface area contributed by atoms with Gasteiger partial charge in [-0.05, 0) is 44.9 Å². The third-order valence-electron chi connectivity index (χ3n) is 3.00. The minimum atomic E-state index is -1.36. The second-order valence-electron chi connectivity index (χ2n) is 5.92. The number of carbonyl (C=O) groups is 2. The number of halogens is 1. The summed E-state index contributed by atoms with van der Waals surface area (Å²) in [7, 11) is 0. The summed E-state index contributed by atoms with van der Waals surface area (Å²) in [4.78, 5) is 22.8. The molecule has 0 saturated heterocycles. The lowest BCUT2D eigenvalue weighted by molar-refractivity contribution is -0.146. The van der Waals surface area contributed by atoms with E-state index in [4.69, 9.17) is 15.3 Å². The summed E-state index contributed by atoms with van der Waals surface area (Å²) in [6.45, 7) is 6.84. The highest BCUT2D eigenvalue weighted by Gasteiger charge is 2.27. The normalized spacial score (nSPS) is 12.6. The van der Waals surface area contributed by atoms with Gasteiger partial charge in [0.15, 0.2) is 0 Å². The van der Waals surface area contributed by atoms with E-state index in [-0.39, 0.29) is 5.71 Å². The first-order valence-electron chi connectivity index (χ1n) is 6.91. The second-order valence-corrected chi connectivity index (χ2v) is 5.92. The van der Waals surface area contributed by atoms with Gasteiger partial charge in [-0.2, -0.15) is 0 Å². The van der Waals surface area contributed by atoms with Crippen LogP contribution >= 0.6 is 0 Å². The third kappa shape index (κ3) is 4.38. The number of esters is 1. The van der Waals surface area contributed by atoms with E-state index in [9.17, 15) is 14.0 Å². The van der Waals surface area contributed by atoms with Crippen molar-refractivity contribution in [3.05, 3.63) is 35.1 Å². The first-order chi connectivity index (χ1) is 10.1.